The maximum absolute atomic E-state index is 12.3. The van der Waals surface area contributed by atoms with E-state index in [0.29, 0.717) is 12.1 Å². The molecule has 0 saturated heterocycles. The van der Waals surface area contributed by atoms with Crippen molar-refractivity contribution in [2.75, 3.05) is 5.32 Å². The predicted molar refractivity (Wildman–Crippen MR) is 85.7 cm³/mol. The van der Waals surface area contributed by atoms with Crippen molar-refractivity contribution in [3.05, 3.63) is 18.3 Å². The number of carboxylic acid groups (broad SMARTS) is 1. The summed E-state index contributed by atoms with van der Waals surface area (Å²) < 4.78 is 23.6. The molecule has 0 aliphatic heterocycles. The van der Waals surface area contributed by atoms with Gasteiger partial charge in [-0.15, -0.1) is 0 Å². The van der Waals surface area contributed by atoms with E-state index in [9.17, 15) is 18.3 Å². The molecule has 0 bridgehead atoms. The van der Waals surface area contributed by atoms with Crippen LogP contribution in [0.2, 0.25) is 0 Å². The highest BCUT2D eigenvalue weighted by molar-refractivity contribution is 7.92. The first-order valence-electron chi connectivity index (χ1n) is 7.15. The summed E-state index contributed by atoms with van der Waals surface area (Å²) in [6, 6.07) is 2.21. The van der Waals surface area contributed by atoms with Crippen molar-refractivity contribution in [2.24, 2.45) is 5.92 Å². The van der Waals surface area contributed by atoms with Crippen LogP contribution in [-0.4, -0.2) is 35.3 Å². The van der Waals surface area contributed by atoms with Crippen LogP contribution < -0.4 is 5.32 Å². The molecular weight excluding hydrogens is 304 g/mol. The number of rotatable bonds is 6. The van der Waals surface area contributed by atoms with Gasteiger partial charge in [-0.2, -0.15) is 0 Å². The fourth-order valence-corrected chi connectivity index (χ4v) is 2.90. The maximum atomic E-state index is 12.3. The van der Waals surface area contributed by atoms with E-state index in [1.54, 1.807) is 26.8 Å². The van der Waals surface area contributed by atoms with E-state index < -0.39 is 26.6 Å². The van der Waals surface area contributed by atoms with E-state index in [0.717, 1.165) is 0 Å². The number of aliphatic carboxylic acids is 1. The van der Waals surface area contributed by atoms with Gasteiger partial charge in [0.25, 0.3) is 0 Å². The number of nitrogens with one attached hydrogen (secondary N) is 1. The summed E-state index contributed by atoms with van der Waals surface area (Å²) in [5.41, 5.74) is 0.487. The lowest BCUT2D eigenvalue weighted by atomic mass is 10.0. The third-order valence-corrected chi connectivity index (χ3v) is 5.57. The summed E-state index contributed by atoms with van der Waals surface area (Å²) in [4.78, 5) is 15.2. The average molecular weight is 328 g/mol. The summed E-state index contributed by atoms with van der Waals surface area (Å²) in [7, 11) is -3.51. The van der Waals surface area contributed by atoms with Gasteiger partial charge in [-0.3, -0.25) is 0 Å². The van der Waals surface area contributed by atoms with Crippen molar-refractivity contribution in [2.45, 2.75) is 56.9 Å². The monoisotopic (exact) mass is 328 g/mol. The van der Waals surface area contributed by atoms with Crippen LogP contribution in [-0.2, 0) is 14.6 Å². The highest BCUT2D eigenvalue weighted by Crippen LogP contribution is 2.24. The standard InChI is InChI=1S/C15H24N2O4S/c1-10(2)8-12(14(18)19)17-11-6-7-13(16-9-11)22(20,21)15(3,4)5/h6-7,9-10,12,17H,8H2,1-5H3,(H,18,19). The number of aromatic nitrogens is 1. The molecule has 0 radical (unpaired) electrons. The van der Waals surface area contributed by atoms with Crippen molar-refractivity contribution in [1.82, 2.24) is 4.98 Å². The number of nitrogens with zero attached hydrogens (tertiary/aromatic N) is 1. The van der Waals surface area contributed by atoms with E-state index in [1.807, 2.05) is 13.8 Å². The third-order valence-electron chi connectivity index (χ3n) is 3.16. The second-order valence-corrected chi connectivity index (χ2v) is 9.32. The minimum atomic E-state index is -3.51. The lowest BCUT2D eigenvalue weighted by Gasteiger charge is -2.20. The van der Waals surface area contributed by atoms with Gasteiger partial charge in [-0.05, 0) is 45.2 Å². The number of sulfone groups is 1. The largest absolute Gasteiger partial charge is 0.480 e. The Hall–Kier alpha value is -1.63. The minimum absolute atomic E-state index is 0.0127. The van der Waals surface area contributed by atoms with Crippen molar-refractivity contribution in [1.29, 1.82) is 0 Å². The van der Waals surface area contributed by atoms with E-state index >= 15 is 0 Å². The quantitative estimate of drug-likeness (QED) is 0.833. The van der Waals surface area contributed by atoms with E-state index in [-0.39, 0.29) is 10.9 Å². The van der Waals surface area contributed by atoms with Gasteiger partial charge >= 0.3 is 5.97 Å². The van der Waals surface area contributed by atoms with Crippen LogP contribution in [0.25, 0.3) is 0 Å². The molecule has 0 fully saturated rings. The number of pyridine rings is 1. The van der Waals surface area contributed by atoms with Crippen LogP contribution in [0, 0.1) is 5.92 Å². The lowest BCUT2D eigenvalue weighted by molar-refractivity contribution is -0.138. The molecule has 0 amide bonds. The van der Waals surface area contributed by atoms with Crippen LogP contribution in [0.15, 0.2) is 23.4 Å². The summed E-state index contributed by atoms with van der Waals surface area (Å²) in [5.74, 6) is -0.720. The molecule has 2 N–H and O–H groups in total. The maximum Gasteiger partial charge on any atom is 0.326 e. The molecule has 0 aromatic carbocycles. The zero-order chi connectivity index (χ0) is 17.1. The summed E-state index contributed by atoms with van der Waals surface area (Å²) >= 11 is 0. The van der Waals surface area contributed by atoms with Crippen LogP contribution >= 0.6 is 0 Å². The minimum Gasteiger partial charge on any atom is -0.480 e. The number of carbonyl (C=O) groups is 1. The molecule has 1 atom stereocenters. The number of hydrogen-bond acceptors (Lipinski definition) is 5. The fraction of sp³-hybridized carbons (Fsp3) is 0.600. The summed E-state index contributed by atoms with van der Waals surface area (Å²) in [5, 5.41) is 12.1. The van der Waals surface area contributed by atoms with Gasteiger partial charge in [-0.1, -0.05) is 13.8 Å². The highest BCUT2D eigenvalue weighted by Gasteiger charge is 2.32. The molecule has 0 saturated carbocycles. The normalized spacial score (nSPS) is 13.9. The first-order chi connectivity index (χ1) is 9.95. The number of hydrogen-bond donors (Lipinski definition) is 2. The molecule has 0 spiro atoms. The molecule has 6 nitrogen and oxygen atoms in total. The Labute approximate surface area is 131 Å². The third kappa shape index (κ3) is 4.43. The molecular formula is C15H24N2O4S. The molecule has 124 valence electrons. The lowest BCUT2D eigenvalue weighted by Crippen LogP contribution is -2.31. The smallest absolute Gasteiger partial charge is 0.326 e. The zero-order valence-electron chi connectivity index (χ0n) is 13.6. The molecule has 1 aromatic rings. The van der Waals surface area contributed by atoms with Crippen molar-refractivity contribution in [3.63, 3.8) is 0 Å². The van der Waals surface area contributed by atoms with E-state index in [1.165, 1.54) is 12.3 Å². The highest BCUT2D eigenvalue weighted by atomic mass is 32.2. The van der Waals surface area contributed by atoms with Gasteiger partial charge < -0.3 is 10.4 Å². The number of carboxylic acids is 1. The van der Waals surface area contributed by atoms with Crippen LogP contribution in [0.4, 0.5) is 5.69 Å². The van der Waals surface area contributed by atoms with Gasteiger partial charge in [0.15, 0.2) is 14.9 Å². The topological polar surface area (TPSA) is 96.4 Å². The second-order valence-electron chi connectivity index (χ2n) is 6.67. The van der Waals surface area contributed by atoms with Gasteiger partial charge in [0.1, 0.15) is 6.04 Å². The molecule has 1 aromatic heterocycles. The van der Waals surface area contributed by atoms with Crippen LogP contribution in [0.1, 0.15) is 41.0 Å². The predicted octanol–water partition coefficient (Wildman–Crippen LogP) is 2.57. The van der Waals surface area contributed by atoms with Gasteiger partial charge in [0.2, 0.25) is 0 Å². The SMILES string of the molecule is CC(C)CC(Nc1ccc(S(=O)(=O)C(C)(C)C)nc1)C(=O)O. The average Bonchev–Trinajstić information content (AvgIpc) is 2.36. The van der Waals surface area contributed by atoms with Gasteiger partial charge in [0, 0.05) is 0 Å². The van der Waals surface area contributed by atoms with Crippen molar-refractivity contribution >= 4 is 21.5 Å². The van der Waals surface area contributed by atoms with E-state index in [4.69, 9.17) is 0 Å². The Morgan fingerprint density at radius 1 is 1.32 bits per heavy atom. The van der Waals surface area contributed by atoms with Crippen molar-refractivity contribution < 1.29 is 18.3 Å². The molecule has 1 unspecified atom stereocenters. The molecule has 0 aliphatic rings. The summed E-state index contributed by atoms with van der Waals surface area (Å²) in [6.45, 7) is 8.71. The Balaban J connectivity index is 2.96. The number of anilines is 1. The van der Waals surface area contributed by atoms with Gasteiger partial charge in [-0.25, -0.2) is 18.2 Å². The molecule has 7 heteroatoms. The Kier molecular flexibility index (Phi) is 5.56. The summed E-state index contributed by atoms with van der Waals surface area (Å²) in [6.07, 6.45) is 1.83. The van der Waals surface area contributed by atoms with Crippen LogP contribution in [0.5, 0.6) is 0 Å². The second kappa shape index (κ2) is 6.64. The first-order valence-corrected chi connectivity index (χ1v) is 8.63. The van der Waals surface area contributed by atoms with Crippen molar-refractivity contribution in [3.8, 4) is 0 Å². The molecule has 1 rings (SSSR count). The molecule has 1 heterocycles. The molecule has 22 heavy (non-hydrogen) atoms. The zero-order valence-corrected chi connectivity index (χ0v) is 14.4. The Morgan fingerprint density at radius 2 is 1.91 bits per heavy atom. The Bertz CT molecular complexity index is 616. The Morgan fingerprint density at radius 3 is 2.27 bits per heavy atom. The molecule has 0 aliphatic carbocycles. The first kappa shape index (κ1) is 18.4. The van der Waals surface area contributed by atoms with Crippen LogP contribution in [0.3, 0.4) is 0 Å². The van der Waals surface area contributed by atoms with Gasteiger partial charge in [0.05, 0.1) is 16.6 Å². The van der Waals surface area contributed by atoms with E-state index in [2.05, 4.69) is 10.3 Å². The fourth-order valence-electron chi connectivity index (χ4n) is 1.83.